The monoisotopic (exact) mass is 314 g/mol. The molecule has 0 aliphatic carbocycles. The van der Waals surface area contributed by atoms with E-state index in [4.69, 9.17) is 14.2 Å². The van der Waals surface area contributed by atoms with Crippen molar-refractivity contribution in [3.05, 3.63) is 65.2 Å². The Kier molecular flexibility index (Phi) is 6.63. The molecule has 2 aromatic rings. The number of esters is 1. The highest BCUT2D eigenvalue weighted by Crippen LogP contribution is 2.23. The van der Waals surface area contributed by atoms with Gasteiger partial charge < -0.3 is 14.2 Å². The third-order valence-corrected chi connectivity index (χ3v) is 3.53. The second-order valence-electron chi connectivity index (χ2n) is 5.21. The predicted molar refractivity (Wildman–Crippen MR) is 88.5 cm³/mol. The van der Waals surface area contributed by atoms with Crippen molar-refractivity contribution in [1.82, 2.24) is 0 Å². The van der Waals surface area contributed by atoms with E-state index in [1.54, 1.807) is 7.11 Å². The van der Waals surface area contributed by atoms with Crippen LogP contribution >= 0.6 is 0 Å². The van der Waals surface area contributed by atoms with E-state index in [9.17, 15) is 4.79 Å². The molecule has 0 saturated heterocycles. The van der Waals surface area contributed by atoms with E-state index in [0.29, 0.717) is 19.0 Å². The SMILES string of the molecule is COCCc1ccc(CC(=O)OC)c(OCc2ccccc2)c1. The molecule has 0 amide bonds. The molecule has 2 aromatic carbocycles. The third-order valence-electron chi connectivity index (χ3n) is 3.53. The molecule has 0 aliphatic rings. The summed E-state index contributed by atoms with van der Waals surface area (Å²) in [6, 6.07) is 15.8. The van der Waals surface area contributed by atoms with Crippen LogP contribution in [0.25, 0.3) is 0 Å². The molecule has 2 rings (SSSR count). The van der Waals surface area contributed by atoms with Crippen molar-refractivity contribution in [3.63, 3.8) is 0 Å². The summed E-state index contributed by atoms with van der Waals surface area (Å²) >= 11 is 0. The van der Waals surface area contributed by atoms with E-state index in [0.717, 1.165) is 23.1 Å². The van der Waals surface area contributed by atoms with Crippen molar-refractivity contribution in [1.29, 1.82) is 0 Å². The Balaban J connectivity index is 2.15. The molecule has 122 valence electrons. The summed E-state index contributed by atoms with van der Waals surface area (Å²) in [7, 11) is 3.07. The molecule has 0 saturated carbocycles. The highest BCUT2D eigenvalue weighted by atomic mass is 16.5. The van der Waals surface area contributed by atoms with Crippen LogP contribution in [0.4, 0.5) is 0 Å². The van der Waals surface area contributed by atoms with Gasteiger partial charge in [-0.1, -0.05) is 42.5 Å². The molecular formula is C19H22O4. The second-order valence-corrected chi connectivity index (χ2v) is 5.21. The van der Waals surface area contributed by atoms with Crippen LogP contribution in [0.15, 0.2) is 48.5 Å². The lowest BCUT2D eigenvalue weighted by Crippen LogP contribution is -2.07. The number of ether oxygens (including phenoxy) is 3. The summed E-state index contributed by atoms with van der Waals surface area (Å²) in [5.41, 5.74) is 3.02. The van der Waals surface area contributed by atoms with E-state index in [1.807, 2.05) is 48.5 Å². The highest BCUT2D eigenvalue weighted by molar-refractivity contribution is 5.73. The maximum Gasteiger partial charge on any atom is 0.310 e. The lowest BCUT2D eigenvalue weighted by molar-refractivity contribution is -0.139. The molecule has 0 heterocycles. The van der Waals surface area contributed by atoms with Gasteiger partial charge in [-0.3, -0.25) is 4.79 Å². The Morgan fingerprint density at radius 2 is 1.78 bits per heavy atom. The van der Waals surface area contributed by atoms with Gasteiger partial charge in [0.25, 0.3) is 0 Å². The van der Waals surface area contributed by atoms with Crippen molar-refractivity contribution in [3.8, 4) is 5.75 Å². The van der Waals surface area contributed by atoms with E-state index in [-0.39, 0.29) is 12.4 Å². The highest BCUT2D eigenvalue weighted by Gasteiger charge is 2.11. The molecule has 4 nitrogen and oxygen atoms in total. The van der Waals surface area contributed by atoms with E-state index < -0.39 is 0 Å². The standard InChI is InChI=1S/C19H22O4/c1-21-11-10-15-8-9-17(13-19(20)22-2)18(12-15)23-14-16-6-4-3-5-7-16/h3-9,12H,10-11,13-14H2,1-2H3. The smallest absolute Gasteiger partial charge is 0.310 e. The van der Waals surface area contributed by atoms with E-state index in [1.165, 1.54) is 7.11 Å². The normalized spacial score (nSPS) is 10.3. The fourth-order valence-electron chi connectivity index (χ4n) is 2.22. The van der Waals surface area contributed by atoms with Crippen LogP contribution in [-0.2, 0) is 33.7 Å². The molecule has 4 heteroatoms. The Labute approximate surface area is 137 Å². The number of carbonyl (C=O) groups excluding carboxylic acids is 1. The first-order chi connectivity index (χ1) is 11.2. The van der Waals surface area contributed by atoms with Crippen LogP contribution in [0, 0.1) is 0 Å². The van der Waals surface area contributed by atoms with Gasteiger partial charge in [0.15, 0.2) is 0 Å². The Hall–Kier alpha value is -2.33. The van der Waals surface area contributed by atoms with Gasteiger partial charge in [0.1, 0.15) is 12.4 Å². The predicted octanol–water partition coefficient (Wildman–Crippen LogP) is 3.17. The van der Waals surface area contributed by atoms with Gasteiger partial charge in [-0.15, -0.1) is 0 Å². The number of rotatable bonds is 8. The van der Waals surface area contributed by atoms with Crippen LogP contribution in [0.3, 0.4) is 0 Å². The second kappa shape index (κ2) is 8.96. The van der Waals surface area contributed by atoms with Gasteiger partial charge >= 0.3 is 5.97 Å². The Morgan fingerprint density at radius 3 is 2.48 bits per heavy atom. The minimum Gasteiger partial charge on any atom is -0.489 e. The maximum absolute atomic E-state index is 11.6. The van der Waals surface area contributed by atoms with E-state index in [2.05, 4.69) is 0 Å². The fraction of sp³-hybridized carbons (Fsp3) is 0.316. The van der Waals surface area contributed by atoms with Crippen molar-refractivity contribution in [2.24, 2.45) is 0 Å². The summed E-state index contributed by atoms with van der Waals surface area (Å²) in [5, 5.41) is 0. The first-order valence-electron chi connectivity index (χ1n) is 7.57. The number of hydrogen-bond donors (Lipinski definition) is 0. The summed E-state index contributed by atoms with van der Waals surface area (Å²) < 4.78 is 15.8. The van der Waals surface area contributed by atoms with Crippen LogP contribution in [0.1, 0.15) is 16.7 Å². The maximum atomic E-state index is 11.6. The third kappa shape index (κ3) is 5.42. The number of methoxy groups -OCH3 is 2. The Morgan fingerprint density at radius 1 is 1.00 bits per heavy atom. The minimum absolute atomic E-state index is 0.200. The number of hydrogen-bond acceptors (Lipinski definition) is 4. The van der Waals surface area contributed by atoms with Crippen molar-refractivity contribution >= 4 is 5.97 Å². The lowest BCUT2D eigenvalue weighted by atomic mass is 10.1. The van der Waals surface area contributed by atoms with Crippen LogP contribution in [-0.4, -0.2) is 26.8 Å². The number of benzene rings is 2. The zero-order valence-corrected chi connectivity index (χ0v) is 13.6. The molecule has 0 fully saturated rings. The average molecular weight is 314 g/mol. The zero-order valence-electron chi connectivity index (χ0n) is 13.6. The molecule has 0 bridgehead atoms. The van der Waals surface area contributed by atoms with E-state index >= 15 is 0 Å². The summed E-state index contributed by atoms with van der Waals surface area (Å²) in [6.45, 7) is 1.11. The molecule has 0 aliphatic heterocycles. The van der Waals surface area contributed by atoms with Crippen LogP contribution in [0.5, 0.6) is 5.75 Å². The topological polar surface area (TPSA) is 44.8 Å². The molecule has 0 unspecified atom stereocenters. The summed E-state index contributed by atoms with van der Waals surface area (Å²) in [6.07, 6.45) is 1.00. The first kappa shape index (κ1) is 17.0. The molecule has 0 N–H and O–H groups in total. The largest absolute Gasteiger partial charge is 0.489 e. The average Bonchev–Trinajstić information content (AvgIpc) is 2.60. The fourth-order valence-corrected chi connectivity index (χ4v) is 2.22. The van der Waals surface area contributed by atoms with Gasteiger partial charge in [0.05, 0.1) is 20.1 Å². The van der Waals surface area contributed by atoms with Gasteiger partial charge in [-0.25, -0.2) is 0 Å². The van der Waals surface area contributed by atoms with Crippen LogP contribution < -0.4 is 4.74 Å². The quantitative estimate of drug-likeness (QED) is 0.702. The van der Waals surface area contributed by atoms with Crippen molar-refractivity contribution in [2.75, 3.05) is 20.8 Å². The molecular weight excluding hydrogens is 292 g/mol. The van der Waals surface area contributed by atoms with Gasteiger partial charge in [0, 0.05) is 12.7 Å². The molecule has 0 radical (unpaired) electrons. The Bertz CT molecular complexity index is 623. The zero-order chi connectivity index (χ0) is 16.5. The van der Waals surface area contributed by atoms with Gasteiger partial charge in [-0.2, -0.15) is 0 Å². The van der Waals surface area contributed by atoms with Gasteiger partial charge in [0.2, 0.25) is 0 Å². The molecule has 0 atom stereocenters. The summed E-state index contributed by atoms with van der Waals surface area (Å²) in [5.74, 6) is 0.437. The van der Waals surface area contributed by atoms with Gasteiger partial charge in [-0.05, 0) is 23.6 Å². The van der Waals surface area contributed by atoms with Crippen molar-refractivity contribution in [2.45, 2.75) is 19.4 Å². The van der Waals surface area contributed by atoms with Crippen molar-refractivity contribution < 1.29 is 19.0 Å². The van der Waals surface area contributed by atoms with Crippen LogP contribution in [0.2, 0.25) is 0 Å². The number of carbonyl (C=O) groups is 1. The first-order valence-corrected chi connectivity index (χ1v) is 7.57. The molecule has 0 aromatic heterocycles. The lowest BCUT2D eigenvalue weighted by Gasteiger charge is -2.13. The summed E-state index contributed by atoms with van der Waals surface area (Å²) in [4.78, 5) is 11.6. The molecule has 23 heavy (non-hydrogen) atoms. The molecule has 0 spiro atoms. The minimum atomic E-state index is -0.279.